The minimum atomic E-state index is -0.659. The van der Waals surface area contributed by atoms with Gasteiger partial charge in [-0.3, -0.25) is 4.98 Å². The fourth-order valence-corrected chi connectivity index (χ4v) is 2.90. The minimum absolute atomic E-state index is 0.0332. The van der Waals surface area contributed by atoms with E-state index in [1.165, 1.54) is 12.1 Å². The Hall–Kier alpha value is -4.19. The molecule has 3 aromatic heterocycles. The summed E-state index contributed by atoms with van der Waals surface area (Å²) in [6.07, 6.45) is 1.71. The Labute approximate surface area is 165 Å². The molecule has 0 amide bonds. The number of aryl methyl sites for hydroxylation is 1. The number of benzene rings is 1. The molecule has 0 radical (unpaired) electrons. The number of anilines is 1. The molecule has 0 spiro atoms. The van der Waals surface area contributed by atoms with Gasteiger partial charge in [-0.05, 0) is 37.3 Å². The second-order valence-corrected chi connectivity index (χ2v) is 6.35. The van der Waals surface area contributed by atoms with Crippen LogP contribution in [0.25, 0.3) is 22.6 Å². The van der Waals surface area contributed by atoms with Crippen molar-refractivity contribution in [1.82, 2.24) is 29.9 Å². The predicted octanol–water partition coefficient (Wildman–Crippen LogP) is 2.75. The van der Waals surface area contributed by atoms with Crippen LogP contribution in [0.1, 0.15) is 17.0 Å². The normalized spacial score (nSPS) is 10.7. The molecule has 29 heavy (non-hydrogen) atoms. The second-order valence-electron chi connectivity index (χ2n) is 6.35. The van der Waals surface area contributed by atoms with Gasteiger partial charge in [0, 0.05) is 11.3 Å². The van der Waals surface area contributed by atoms with Crippen molar-refractivity contribution in [2.24, 2.45) is 0 Å². The molecule has 4 rings (SSSR count). The van der Waals surface area contributed by atoms with Crippen molar-refractivity contribution in [3.8, 4) is 28.7 Å². The minimum Gasteiger partial charge on any atom is -0.368 e. The Morgan fingerprint density at radius 3 is 2.66 bits per heavy atom. The molecule has 0 fully saturated rings. The molecule has 3 heterocycles. The summed E-state index contributed by atoms with van der Waals surface area (Å²) in [5, 5.41) is 17.3. The molecule has 1 aromatic carbocycles. The lowest BCUT2D eigenvalue weighted by Crippen LogP contribution is -2.03. The Morgan fingerprint density at radius 2 is 1.86 bits per heavy atom. The summed E-state index contributed by atoms with van der Waals surface area (Å²) in [6.45, 7) is 2.36. The first-order valence-corrected chi connectivity index (χ1v) is 8.70. The summed E-state index contributed by atoms with van der Waals surface area (Å²) in [5.41, 5.74) is 8.80. The van der Waals surface area contributed by atoms with E-state index in [0.717, 1.165) is 11.4 Å². The van der Waals surface area contributed by atoms with Gasteiger partial charge >= 0.3 is 0 Å². The van der Waals surface area contributed by atoms with E-state index in [-0.39, 0.29) is 22.8 Å². The number of nitrogens with two attached hydrogens (primary N) is 1. The van der Waals surface area contributed by atoms with Crippen LogP contribution in [-0.2, 0) is 6.54 Å². The highest BCUT2D eigenvalue weighted by atomic mass is 19.1. The largest absolute Gasteiger partial charge is 0.368 e. The number of nitrogens with zero attached hydrogens (tertiary/aromatic N) is 7. The molecule has 0 saturated heterocycles. The fourth-order valence-electron chi connectivity index (χ4n) is 2.90. The Morgan fingerprint density at radius 1 is 1.07 bits per heavy atom. The van der Waals surface area contributed by atoms with Crippen LogP contribution < -0.4 is 5.73 Å². The number of rotatable bonds is 4. The number of nitrogen functional groups attached to an aromatic ring is 1. The van der Waals surface area contributed by atoms with Crippen molar-refractivity contribution in [1.29, 1.82) is 5.26 Å². The third-order valence-corrected chi connectivity index (χ3v) is 4.21. The standard InChI is InChI=1S/C20H15FN8/c1-12-4-2-6-14(24-12)10-29-11-18(27-28-29)17-8-16(25-20(23)26-17)15-7-3-5-13(9-22)19(15)21/h2-8,11H,10H2,1H3,(H2,23,25,26). The van der Waals surface area contributed by atoms with E-state index in [4.69, 9.17) is 11.0 Å². The van der Waals surface area contributed by atoms with E-state index in [1.807, 2.05) is 31.2 Å². The van der Waals surface area contributed by atoms with Gasteiger partial charge in [-0.2, -0.15) is 5.26 Å². The first kappa shape index (κ1) is 18.2. The van der Waals surface area contributed by atoms with Crippen LogP contribution >= 0.6 is 0 Å². The third kappa shape index (κ3) is 3.77. The van der Waals surface area contributed by atoms with Gasteiger partial charge < -0.3 is 5.73 Å². The smallest absolute Gasteiger partial charge is 0.221 e. The second kappa shape index (κ2) is 7.44. The Bertz CT molecular complexity index is 1240. The quantitative estimate of drug-likeness (QED) is 0.573. The molecule has 142 valence electrons. The lowest BCUT2D eigenvalue weighted by molar-refractivity contribution is 0.627. The molecule has 0 atom stereocenters. The lowest BCUT2D eigenvalue weighted by Gasteiger charge is -2.06. The molecule has 0 aliphatic rings. The molecular formula is C20H15FN8. The van der Waals surface area contributed by atoms with Crippen molar-refractivity contribution in [3.63, 3.8) is 0 Å². The maximum absolute atomic E-state index is 14.5. The monoisotopic (exact) mass is 386 g/mol. The van der Waals surface area contributed by atoms with Crippen LogP contribution in [0.15, 0.2) is 48.7 Å². The van der Waals surface area contributed by atoms with Crippen molar-refractivity contribution in [3.05, 3.63) is 71.4 Å². The highest BCUT2D eigenvalue weighted by Gasteiger charge is 2.15. The average Bonchev–Trinajstić information content (AvgIpc) is 3.16. The molecule has 0 aliphatic carbocycles. The van der Waals surface area contributed by atoms with Crippen LogP contribution in [0, 0.1) is 24.1 Å². The predicted molar refractivity (Wildman–Crippen MR) is 104 cm³/mol. The molecule has 0 saturated carbocycles. The number of hydrogen-bond acceptors (Lipinski definition) is 7. The molecule has 0 aliphatic heterocycles. The van der Waals surface area contributed by atoms with Gasteiger partial charge in [-0.15, -0.1) is 5.10 Å². The van der Waals surface area contributed by atoms with E-state index in [0.29, 0.717) is 17.9 Å². The highest BCUT2D eigenvalue weighted by Crippen LogP contribution is 2.26. The zero-order valence-electron chi connectivity index (χ0n) is 15.4. The maximum Gasteiger partial charge on any atom is 0.221 e. The summed E-state index contributed by atoms with van der Waals surface area (Å²) in [6, 6.07) is 13.6. The van der Waals surface area contributed by atoms with Gasteiger partial charge in [0.25, 0.3) is 0 Å². The van der Waals surface area contributed by atoms with Crippen LogP contribution in [0.3, 0.4) is 0 Å². The van der Waals surface area contributed by atoms with Crippen LogP contribution in [0.5, 0.6) is 0 Å². The van der Waals surface area contributed by atoms with Gasteiger partial charge in [0.05, 0.1) is 35.4 Å². The van der Waals surface area contributed by atoms with Gasteiger partial charge in [0.2, 0.25) is 5.95 Å². The summed E-state index contributed by atoms with van der Waals surface area (Å²) in [7, 11) is 0. The van der Waals surface area contributed by atoms with Gasteiger partial charge in [0.1, 0.15) is 17.6 Å². The van der Waals surface area contributed by atoms with E-state index in [1.54, 1.807) is 23.0 Å². The molecule has 8 nitrogen and oxygen atoms in total. The van der Waals surface area contributed by atoms with Crippen molar-refractivity contribution in [2.75, 3.05) is 5.73 Å². The maximum atomic E-state index is 14.5. The fraction of sp³-hybridized carbons (Fsp3) is 0.100. The number of pyridine rings is 1. The van der Waals surface area contributed by atoms with Crippen LogP contribution in [0.4, 0.5) is 10.3 Å². The highest BCUT2D eigenvalue weighted by molar-refractivity contribution is 5.68. The number of aromatic nitrogens is 6. The third-order valence-electron chi connectivity index (χ3n) is 4.21. The first-order chi connectivity index (χ1) is 14.0. The van der Waals surface area contributed by atoms with Crippen molar-refractivity contribution in [2.45, 2.75) is 13.5 Å². The lowest BCUT2D eigenvalue weighted by atomic mass is 10.1. The molecule has 2 N–H and O–H groups in total. The van der Waals surface area contributed by atoms with E-state index in [2.05, 4.69) is 25.3 Å². The first-order valence-electron chi connectivity index (χ1n) is 8.70. The number of hydrogen-bond donors (Lipinski definition) is 1. The summed E-state index contributed by atoms with van der Waals surface area (Å²) >= 11 is 0. The number of nitriles is 1. The number of halogens is 1. The molecule has 0 unspecified atom stereocenters. The van der Waals surface area contributed by atoms with Crippen molar-refractivity contribution < 1.29 is 4.39 Å². The topological polar surface area (TPSA) is 119 Å². The molecular weight excluding hydrogens is 371 g/mol. The van der Waals surface area contributed by atoms with Gasteiger partial charge in [-0.1, -0.05) is 17.3 Å². The van der Waals surface area contributed by atoms with Gasteiger partial charge in [-0.25, -0.2) is 19.0 Å². The Kier molecular flexibility index (Phi) is 4.66. The molecule has 9 heteroatoms. The van der Waals surface area contributed by atoms with Crippen LogP contribution in [0.2, 0.25) is 0 Å². The zero-order valence-corrected chi connectivity index (χ0v) is 15.4. The summed E-state index contributed by atoms with van der Waals surface area (Å²) in [5.74, 6) is -0.692. The summed E-state index contributed by atoms with van der Waals surface area (Å²) in [4.78, 5) is 12.7. The molecule has 0 bridgehead atoms. The van der Waals surface area contributed by atoms with Crippen molar-refractivity contribution >= 4 is 5.95 Å². The van der Waals surface area contributed by atoms with E-state index in [9.17, 15) is 4.39 Å². The SMILES string of the molecule is Cc1cccc(Cn2cc(-c3cc(-c4cccc(C#N)c4F)nc(N)n3)nn2)n1. The molecule has 4 aromatic rings. The average molecular weight is 386 g/mol. The van der Waals surface area contributed by atoms with Crippen LogP contribution in [-0.4, -0.2) is 29.9 Å². The summed E-state index contributed by atoms with van der Waals surface area (Å²) < 4.78 is 16.2. The van der Waals surface area contributed by atoms with Gasteiger partial charge in [0.15, 0.2) is 0 Å². The van der Waals surface area contributed by atoms with E-state index < -0.39 is 5.82 Å². The zero-order chi connectivity index (χ0) is 20.4. The van der Waals surface area contributed by atoms with E-state index >= 15 is 0 Å². The Balaban J connectivity index is 1.69.